The highest BCUT2D eigenvalue weighted by Gasteiger charge is 2.07. The number of benzene rings is 2. The molecule has 0 heterocycles. The fraction of sp³-hybridized carbons (Fsp3) is 0.294. The van der Waals surface area contributed by atoms with E-state index in [0.29, 0.717) is 5.56 Å². The molecule has 0 bridgehead atoms. The zero-order valence-electron chi connectivity index (χ0n) is 12.2. The van der Waals surface area contributed by atoms with Crippen LogP contribution in [0, 0.1) is 12.7 Å². The summed E-state index contributed by atoms with van der Waals surface area (Å²) in [4.78, 5) is 0. The van der Waals surface area contributed by atoms with Crippen molar-refractivity contribution in [2.75, 3.05) is 6.54 Å². The van der Waals surface area contributed by atoms with E-state index < -0.39 is 0 Å². The summed E-state index contributed by atoms with van der Waals surface area (Å²) >= 11 is 3.35. The number of aryl methyl sites for hydroxylation is 1. The first kappa shape index (κ1) is 16.0. The third-order valence-corrected chi connectivity index (χ3v) is 3.67. The van der Waals surface area contributed by atoms with Gasteiger partial charge in [-0.15, -0.1) is 0 Å². The lowest BCUT2D eigenvalue weighted by molar-refractivity contribution is 0.296. The van der Waals surface area contributed by atoms with Crippen molar-refractivity contribution in [1.82, 2.24) is 5.32 Å². The largest absolute Gasteiger partial charge is 0.488 e. The fourth-order valence-corrected chi connectivity index (χ4v) is 2.46. The van der Waals surface area contributed by atoms with E-state index in [4.69, 9.17) is 4.74 Å². The molecule has 112 valence electrons. The first-order valence-corrected chi connectivity index (χ1v) is 7.76. The third-order valence-electron chi connectivity index (χ3n) is 3.17. The van der Waals surface area contributed by atoms with E-state index in [1.54, 1.807) is 12.1 Å². The van der Waals surface area contributed by atoms with E-state index >= 15 is 0 Å². The second kappa shape index (κ2) is 7.57. The van der Waals surface area contributed by atoms with Crippen molar-refractivity contribution in [2.24, 2.45) is 0 Å². The molecule has 0 saturated carbocycles. The average molecular weight is 352 g/mol. The molecule has 0 aliphatic heterocycles. The van der Waals surface area contributed by atoms with Crippen LogP contribution in [0.4, 0.5) is 4.39 Å². The molecule has 0 aliphatic rings. The highest BCUT2D eigenvalue weighted by Crippen LogP contribution is 2.23. The van der Waals surface area contributed by atoms with E-state index in [0.717, 1.165) is 28.9 Å². The molecular formula is C17H19BrFNO. The Balaban J connectivity index is 2.13. The van der Waals surface area contributed by atoms with Gasteiger partial charge in [0.25, 0.3) is 0 Å². The maximum atomic E-state index is 13.7. The van der Waals surface area contributed by atoms with E-state index in [1.807, 2.05) is 19.1 Å². The number of halogens is 2. The van der Waals surface area contributed by atoms with Crippen molar-refractivity contribution in [3.05, 3.63) is 63.4 Å². The van der Waals surface area contributed by atoms with Gasteiger partial charge < -0.3 is 10.1 Å². The summed E-state index contributed by atoms with van der Waals surface area (Å²) in [5.41, 5.74) is 2.82. The minimum atomic E-state index is -0.251. The van der Waals surface area contributed by atoms with Crippen molar-refractivity contribution in [1.29, 1.82) is 0 Å². The zero-order valence-corrected chi connectivity index (χ0v) is 13.8. The summed E-state index contributed by atoms with van der Waals surface area (Å²) < 4.78 is 20.4. The first-order chi connectivity index (χ1) is 10.1. The van der Waals surface area contributed by atoms with Gasteiger partial charge >= 0.3 is 0 Å². The van der Waals surface area contributed by atoms with Gasteiger partial charge in [-0.05, 0) is 37.7 Å². The average Bonchev–Trinajstić information content (AvgIpc) is 2.47. The molecule has 21 heavy (non-hydrogen) atoms. The molecule has 0 atom stereocenters. The number of rotatable bonds is 6. The van der Waals surface area contributed by atoms with Crippen LogP contribution in [-0.2, 0) is 13.2 Å². The Labute approximate surface area is 133 Å². The molecule has 0 unspecified atom stereocenters. The van der Waals surface area contributed by atoms with Crippen LogP contribution in [0.5, 0.6) is 5.75 Å². The van der Waals surface area contributed by atoms with Crippen LogP contribution in [0.1, 0.15) is 23.6 Å². The minimum Gasteiger partial charge on any atom is -0.488 e. The van der Waals surface area contributed by atoms with Crippen molar-refractivity contribution >= 4 is 15.9 Å². The molecule has 2 aromatic carbocycles. The second-order valence-electron chi connectivity index (χ2n) is 4.92. The molecule has 2 aromatic rings. The lowest BCUT2D eigenvalue weighted by Gasteiger charge is -2.13. The summed E-state index contributed by atoms with van der Waals surface area (Å²) in [5, 5.41) is 3.29. The third kappa shape index (κ3) is 4.55. The van der Waals surface area contributed by atoms with Gasteiger partial charge in [-0.1, -0.05) is 40.5 Å². The summed E-state index contributed by atoms with van der Waals surface area (Å²) in [6.45, 7) is 5.97. The molecule has 0 aliphatic carbocycles. The predicted octanol–water partition coefficient (Wildman–Crippen LogP) is 4.59. The molecular weight excluding hydrogens is 333 g/mol. The number of hydrogen-bond acceptors (Lipinski definition) is 2. The van der Waals surface area contributed by atoms with E-state index in [1.165, 1.54) is 11.6 Å². The standard InChI is InChI=1S/C17H19BrFNO/c1-3-20-10-13-8-12(2)4-7-17(13)21-11-14-9-15(18)5-6-16(14)19/h4-9,20H,3,10-11H2,1-2H3. The number of nitrogens with one attached hydrogen (secondary N) is 1. The van der Waals surface area contributed by atoms with Gasteiger partial charge in [0.2, 0.25) is 0 Å². The van der Waals surface area contributed by atoms with Gasteiger partial charge in [0.15, 0.2) is 0 Å². The van der Waals surface area contributed by atoms with Crippen LogP contribution in [0.25, 0.3) is 0 Å². The maximum Gasteiger partial charge on any atom is 0.129 e. The molecule has 0 radical (unpaired) electrons. The second-order valence-corrected chi connectivity index (χ2v) is 5.83. The SMILES string of the molecule is CCNCc1cc(C)ccc1OCc1cc(Br)ccc1F. The maximum absolute atomic E-state index is 13.7. The Morgan fingerprint density at radius 2 is 1.95 bits per heavy atom. The van der Waals surface area contributed by atoms with E-state index in [9.17, 15) is 4.39 Å². The minimum absolute atomic E-state index is 0.216. The van der Waals surface area contributed by atoms with Crippen LogP contribution in [0.3, 0.4) is 0 Å². The zero-order chi connectivity index (χ0) is 15.2. The van der Waals surface area contributed by atoms with Crippen molar-refractivity contribution in [2.45, 2.75) is 27.0 Å². The molecule has 4 heteroatoms. The van der Waals surface area contributed by atoms with Gasteiger partial charge in [0.1, 0.15) is 18.2 Å². The van der Waals surface area contributed by atoms with Gasteiger partial charge in [0.05, 0.1) is 0 Å². The number of hydrogen-bond donors (Lipinski definition) is 1. The summed E-state index contributed by atoms with van der Waals surface area (Å²) in [6.07, 6.45) is 0. The normalized spacial score (nSPS) is 10.7. The van der Waals surface area contributed by atoms with Crippen LogP contribution in [0.2, 0.25) is 0 Å². The van der Waals surface area contributed by atoms with Gasteiger partial charge in [-0.2, -0.15) is 0 Å². The van der Waals surface area contributed by atoms with Crippen LogP contribution >= 0.6 is 15.9 Å². The molecule has 0 aromatic heterocycles. The van der Waals surface area contributed by atoms with Crippen LogP contribution < -0.4 is 10.1 Å². The van der Waals surface area contributed by atoms with Crippen molar-refractivity contribution < 1.29 is 9.13 Å². The summed E-state index contributed by atoms with van der Waals surface area (Å²) in [6, 6.07) is 10.9. The fourth-order valence-electron chi connectivity index (χ4n) is 2.06. The van der Waals surface area contributed by atoms with Gasteiger partial charge in [-0.3, -0.25) is 0 Å². The molecule has 0 fully saturated rings. The molecule has 2 nitrogen and oxygen atoms in total. The predicted molar refractivity (Wildman–Crippen MR) is 87.0 cm³/mol. The smallest absolute Gasteiger partial charge is 0.129 e. The highest BCUT2D eigenvalue weighted by molar-refractivity contribution is 9.10. The van der Waals surface area contributed by atoms with Crippen LogP contribution in [-0.4, -0.2) is 6.54 Å². The highest BCUT2D eigenvalue weighted by atomic mass is 79.9. The topological polar surface area (TPSA) is 21.3 Å². The number of ether oxygens (including phenoxy) is 1. The Kier molecular flexibility index (Phi) is 5.76. The molecule has 0 spiro atoms. The van der Waals surface area contributed by atoms with Crippen molar-refractivity contribution in [3.8, 4) is 5.75 Å². The van der Waals surface area contributed by atoms with Gasteiger partial charge in [-0.25, -0.2) is 4.39 Å². The summed E-state index contributed by atoms with van der Waals surface area (Å²) in [7, 11) is 0. The quantitative estimate of drug-likeness (QED) is 0.821. The Morgan fingerprint density at radius 1 is 1.14 bits per heavy atom. The van der Waals surface area contributed by atoms with E-state index in [-0.39, 0.29) is 12.4 Å². The van der Waals surface area contributed by atoms with Gasteiger partial charge in [0, 0.05) is 22.1 Å². The molecule has 0 amide bonds. The Morgan fingerprint density at radius 3 is 2.71 bits per heavy atom. The lowest BCUT2D eigenvalue weighted by atomic mass is 10.1. The van der Waals surface area contributed by atoms with Crippen LogP contribution in [0.15, 0.2) is 40.9 Å². The molecule has 0 saturated heterocycles. The Hall–Kier alpha value is -1.39. The summed E-state index contributed by atoms with van der Waals surface area (Å²) in [5.74, 6) is 0.541. The van der Waals surface area contributed by atoms with E-state index in [2.05, 4.69) is 34.2 Å². The molecule has 1 N–H and O–H groups in total. The monoisotopic (exact) mass is 351 g/mol. The molecule has 2 rings (SSSR count). The lowest BCUT2D eigenvalue weighted by Crippen LogP contribution is -2.13. The van der Waals surface area contributed by atoms with Crippen molar-refractivity contribution in [3.63, 3.8) is 0 Å². The first-order valence-electron chi connectivity index (χ1n) is 6.97. The Bertz CT molecular complexity index is 616.